The molecule has 0 bridgehead atoms. The third-order valence-corrected chi connectivity index (χ3v) is 7.20. The van der Waals surface area contributed by atoms with Crippen LogP contribution < -0.4 is 19.7 Å². The fourth-order valence-electron chi connectivity index (χ4n) is 3.60. The topological polar surface area (TPSA) is 105 Å². The number of hydrogen-bond acceptors (Lipinski definition) is 5. The number of nitrogens with zero attached hydrogens (tertiary/aromatic N) is 1. The molecule has 8 nitrogen and oxygen atoms in total. The summed E-state index contributed by atoms with van der Waals surface area (Å²) in [6, 6.07) is 14.4. The number of hydrogen-bond donors (Lipinski definition) is 2. The van der Waals surface area contributed by atoms with Crippen molar-refractivity contribution >= 4 is 33.2 Å². The fraction of sp³-hybridized carbons (Fsp3) is 0.391. The minimum atomic E-state index is -3.40. The van der Waals surface area contributed by atoms with Crippen molar-refractivity contribution in [2.75, 3.05) is 29.0 Å². The summed E-state index contributed by atoms with van der Waals surface area (Å²) < 4.78 is 31.5. The van der Waals surface area contributed by atoms with Gasteiger partial charge in [-0.2, -0.15) is 0 Å². The predicted octanol–water partition coefficient (Wildman–Crippen LogP) is 2.70. The van der Waals surface area contributed by atoms with Gasteiger partial charge in [0.25, 0.3) is 0 Å². The zero-order valence-electron chi connectivity index (χ0n) is 18.3. The number of aryl methyl sites for hydroxylation is 1. The summed E-state index contributed by atoms with van der Waals surface area (Å²) in [7, 11) is -1.96. The van der Waals surface area contributed by atoms with Crippen LogP contribution in [0.15, 0.2) is 48.5 Å². The van der Waals surface area contributed by atoms with Crippen LogP contribution in [0, 0.1) is 0 Å². The van der Waals surface area contributed by atoms with E-state index in [1.165, 1.54) is 23.0 Å². The first kappa shape index (κ1) is 23.6. The Labute approximate surface area is 189 Å². The normalized spacial score (nSPS) is 16.1. The Balaban J connectivity index is 1.59. The van der Waals surface area contributed by atoms with Gasteiger partial charge < -0.3 is 15.4 Å². The Kier molecular flexibility index (Phi) is 7.74. The summed E-state index contributed by atoms with van der Waals surface area (Å²) >= 11 is 0. The summed E-state index contributed by atoms with van der Waals surface area (Å²) in [5, 5.41) is 5.25. The van der Waals surface area contributed by atoms with E-state index in [-0.39, 0.29) is 11.8 Å². The summed E-state index contributed by atoms with van der Waals surface area (Å²) in [6.45, 7) is 2.23. The minimum absolute atomic E-state index is 0.0945. The highest BCUT2D eigenvalue weighted by molar-refractivity contribution is 7.92. The molecule has 2 N–H and O–H groups in total. The Hall–Kier alpha value is -3.07. The van der Waals surface area contributed by atoms with Crippen molar-refractivity contribution in [3.8, 4) is 5.75 Å². The highest BCUT2D eigenvalue weighted by Crippen LogP contribution is 2.34. The molecule has 9 heteroatoms. The number of carbonyl (C=O) groups excluding carboxylic acids is 2. The van der Waals surface area contributed by atoms with Gasteiger partial charge in [0.15, 0.2) is 0 Å². The van der Waals surface area contributed by atoms with Crippen LogP contribution in [0.2, 0.25) is 0 Å². The maximum Gasteiger partial charge on any atom is 0.313 e. The zero-order valence-corrected chi connectivity index (χ0v) is 19.2. The molecular formula is C23H29N3O5S. The Morgan fingerprint density at radius 3 is 2.53 bits per heavy atom. The van der Waals surface area contributed by atoms with E-state index < -0.39 is 21.8 Å². The van der Waals surface area contributed by atoms with Crippen molar-refractivity contribution in [3.63, 3.8) is 0 Å². The molecule has 0 saturated carbocycles. The van der Waals surface area contributed by atoms with Gasteiger partial charge in [0.1, 0.15) is 5.75 Å². The second kappa shape index (κ2) is 10.5. The van der Waals surface area contributed by atoms with E-state index in [2.05, 4.69) is 10.6 Å². The number of rotatable bonds is 7. The van der Waals surface area contributed by atoms with Gasteiger partial charge in [0, 0.05) is 24.3 Å². The third kappa shape index (κ3) is 6.00. The van der Waals surface area contributed by atoms with Gasteiger partial charge >= 0.3 is 11.8 Å². The maximum absolute atomic E-state index is 12.4. The first-order valence-corrected chi connectivity index (χ1v) is 12.3. The molecule has 172 valence electrons. The minimum Gasteiger partial charge on any atom is -0.494 e. The van der Waals surface area contributed by atoms with E-state index in [0.29, 0.717) is 36.5 Å². The van der Waals surface area contributed by atoms with Crippen LogP contribution in [-0.4, -0.2) is 45.7 Å². The highest BCUT2D eigenvalue weighted by Gasteiger charge is 2.28. The summed E-state index contributed by atoms with van der Waals surface area (Å²) in [5.41, 5.74) is 1.93. The van der Waals surface area contributed by atoms with Crippen LogP contribution >= 0.6 is 0 Å². The Morgan fingerprint density at radius 1 is 1.09 bits per heavy atom. The first-order chi connectivity index (χ1) is 15.3. The van der Waals surface area contributed by atoms with E-state index in [9.17, 15) is 18.0 Å². The number of amides is 2. The number of anilines is 2. The summed E-state index contributed by atoms with van der Waals surface area (Å²) in [6.07, 6.45) is 2.90. The molecule has 2 amide bonds. The van der Waals surface area contributed by atoms with Crippen LogP contribution in [0.4, 0.5) is 11.4 Å². The zero-order chi connectivity index (χ0) is 23.1. The van der Waals surface area contributed by atoms with Crippen LogP contribution in [0.1, 0.15) is 31.7 Å². The van der Waals surface area contributed by atoms with E-state index in [1.807, 2.05) is 37.3 Å². The molecule has 1 atom stereocenters. The molecule has 32 heavy (non-hydrogen) atoms. The lowest BCUT2D eigenvalue weighted by molar-refractivity contribution is -0.136. The molecule has 1 saturated heterocycles. The molecule has 0 unspecified atom stereocenters. The van der Waals surface area contributed by atoms with Gasteiger partial charge in [0.05, 0.1) is 18.6 Å². The molecule has 2 aromatic carbocycles. The molecule has 3 rings (SSSR count). The van der Waals surface area contributed by atoms with Gasteiger partial charge in [-0.3, -0.25) is 13.9 Å². The van der Waals surface area contributed by atoms with E-state index >= 15 is 0 Å². The van der Waals surface area contributed by atoms with Crippen LogP contribution in [-0.2, 0) is 26.0 Å². The second-order valence-electron chi connectivity index (χ2n) is 7.83. The van der Waals surface area contributed by atoms with Crippen molar-refractivity contribution in [1.29, 1.82) is 0 Å². The molecule has 0 radical (unpaired) electrons. The first-order valence-electron chi connectivity index (χ1n) is 10.6. The highest BCUT2D eigenvalue weighted by atomic mass is 32.2. The molecule has 1 fully saturated rings. The van der Waals surface area contributed by atoms with Gasteiger partial charge in [-0.15, -0.1) is 0 Å². The van der Waals surface area contributed by atoms with Gasteiger partial charge in [-0.25, -0.2) is 8.42 Å². The smallest absolute Gasteiger partial charge is 0.313 e. The molecule has 0 aliphatic carbocycles. The molecule has 0 aromatic heterocycles. The molecular weight excluding hydrogens is 430 g/mol. The van der Waals surface area contributed by atoms with E-state index in [0.717, 1.165) is 12.8 Å². The monoisotopic (exact) mass is 459 g/mol. The number of sulfonamides is 1. The third-order valence-electron chi connectivity index (χ3n) is 5.35. The molecule has 1 aliphatic rings. The lowest BCUT2D eigenvalue weighted by Gasteiger charge is -2.29. The summed E-state index contributed by atoms with van der Waals surface area (Å²) in [5.74, 6) is -1.12. The van der Waals surface area contributed by atoms with Crippen molar-refractivity contribution in [2.24, 2.45) is 0 Å². The average molecular weight is 460 g/mol. The van der Waals surface area contributed by atoms with Crippen LogP contribution in [0.5, 0.6) is 5.75 Å². The average Bonchev–Trinajstić information content (AvgIpc) is 2.78. The Bertz CT molecular complexity index is 1060. The number of ether oxygens (including phenoxy) is 1. The van der Waals surface area contributed by atoms with Crippen LogP contribution in [0.3, 0.4) is 0 Å². The number of methoxy groups -OCH3 is 1. The van der Waals surface area contributed by atoms with Crippen molar-refractivity contribution in [2.45, 2.75) is 38.6 Å². The number of benzene rings is 2. The lowest BCUT2D eigenvalue weighted by atomic mass is 10.1. The lowest BCUT2D eigenvalue weighted by Crippen LogP contribution is -2.40. The standard InChI is InChI=1S/C23H29N3O5S/c1-17(10-11-18-8-4-3-5-9-18)24-22(27)23(28)25-19-12-13-20(21(16-19)31-2)26-14-6-7-15-32(26,29)30/h3-5,8-9,12-13,16-17H,6-7,10-11,14-15H2,1-2H3,(H,24,27)(H,25,28)/t17-/m0/s1. The van der Waals surface area contributed by atoms with Crippen molar-refractivity contribution < 1.29 is 22.7 Å². The second-order valence-corrected chi connectivity index (χ2v) is 9.85. The molecule has 1 aliphatic heterocycles. The van der Waals surface area contributed by atoms with Crippen molar-refractivity contribution in [1.82, 2.24) is 5.32 Å². The fourth-order valence-corrected chi connectivity index (χ4v) is 5.25. The number of nitrogens with one attached hydrogen (secondary N) is 2. The quantitative estimate of drug-likeness (QED) is 0.620. The predicted molar refractivity (Wildman–Crippen MR) is 124 cm³/mol. The summed E-state index contributed by atoms with van der Waals surface area (Å²) in [4.78, 5) is 24.6. The largest absolute Gasteiger partial charge is 0.494 e. The Morgan fingerprint density at radius 2 is 1.84 bits per heavy atom. The SMILES string of the molecule is COc1cc(NC(=O)C(=O)N[C@@H](C)CCc2ccccc2)ccc1N1CCCCS1(=O)=O. The van der Waals surface area contributed by atoms with Gasteiger partial charge in [-0.1, -0.05) is 30.3 Å². The maximum atomic E-state index is 12.4. The molecule has 2 aromatic rings. The van der Waals surface area contributed by atoms with E-state index in [1.54, 1.807) is 12.1 Å². The van der Waals surface area contributed by atoms with Crippen LogP contribution in [0.25, 0.3) is 0 Å². The van der Waals surface area contributed by atoms with E-state index in [4.69, 9.17) is 4.74 Å². The molecule has 0 spiro atoms. The number of carbonyl (C=O) groups is 2. The van der Waals surface area contributed by atoms with Gasteiger partial charge in [-0.05, 0) is 50.3 Å². The van der Waals surface area contributed by atoms with Crippen molar-refractivity contribution in [3.05, 3.63) is 54.1 Å². The molecule has 1 heterocycles. The van der Waals surface area contributed by atoms with Gasteiger partial charge in [0.2, 0.25) is 10.0 Å².